The first-order chi connectivity index (χ1) is 8.70. The lowest BCUT2D eigenvalue weighted by molar-refractivity contribution is 0.0753. The molecular formula is C15H23NO2. The normalized spacial score (nSPS) is 18.6. The Morgan fingerprint density at radius 2 is 2.06 bits per heavy atom. The van der Waals surface area contributed by atoms with Gasteiger partial charge in [-0.25, -0.2) is 0 Å². The molecule has 0 amide bonds. The van der Waals surface area contributed by atoms with Crippen molar-refractivity contribution in [3.63, 3.8) is 0 Å². The predicted molar refractivity (Wildman–Crippen MR) is 73.1 cm³/mol. The van der Waals surface area contributed by atoms with E-state index in [1.807, 2.05) is 6.07 Å². The van der Waals surface area contributed by atoms with Crippen molar-refractivity contribution in [1.82, 2.24) is 5.32 Å². The molecule has 100 valence electrons. The molecule has 1 heterocycles. The number of ether oxygens (including phenoxy) is 2. The Bertz CT molecular complexity index is 386. The molecule has 0 bridgehead atoms. The zero-order chi connectivity index (χ0) is 13.0. The molecule has 2 rings (SSSR count). The number of benzene rings is 1. The summed E-state index contributed by atoms with van der Waals surface area (Å²) in [5.41, 5.74) is 2.51. The Morgan fingerprint density at radius 3 is 2.72 bits per heavy atom. The van der Waals surface area contributed by atoms with E-state index in [2.05, 4.69) is 31.3 Å². The standard InChI is InChI=1S/C15H23NO2/c1-11-4-5-15(17-3)14(10-11)12(2)16-13-6-8-18-9-7-13/h4-5,10,12-13,16H,6-9H2,1-3H3. The quantitative estimate of drug-likeness (QED) is 0.890. The van der Waals surface area contributed by atoms with Gasteiger partial charge in [0, 0.05) is 30.9 Å². The highest BCUT2D eigenvalue weighted by molar-refractivity contribution is 5.38. The van der Waals surface area contributed by atoms with Crippen molar-refractivity contribution >= 4 is 0 Å². The van der Waals surface area contributed by atoms with Gasteiger partial charge in [-0.15, -0.1) is 0 Å². The maximum Gasteiger partial charge on any atom is 0.123 e. The van der Waals surface area contributed by atoms with Gasteiger partial charge in [0.1, 0.15) is 5.75 Å². The Balaban J connectivity index is 2.07. The van der Waals surface area contributed by atoms with Crippen molar-refractivity contribution < 1.29 is 9.47 Å². The van der Waals surface area contributed by atoms with E-state index >= 15 is 0 Å². The highest BCUT2D eigenvalue weighted by Gasteiger charge is 2.18. The number of aryl methyl sites for hydroxylation is 1. The molecule has 3 heteroatoms. The van der Waals surface area contributed by atoms with Gasteiger partial charge >= 0.3 is 0 Å². The van der Waals surface area contributed by atoms with Crippen LogP contribution in [0.2, 0.25) is 0 Å². The fourth-order valence-corrected chi connectivity index (χ4v) is 2.50. The lowest BCUT2D eigenvalue weighted by Gasteiger charge is -2.27. The van der Waals surface area contributed by atoms with Crippen molar-refractivity contribution in [3.05, 3.63) is 29.3 Å². The van der Waals surface area contributed by atoms with E-state index in [1.54, 1.807) is 7.11 Å². The van der Waals surface area contributed by atoms with Crippen LogP contribution in [0.5, 0.6) is 5.75 Å². The van der Waals surface area contributed by atoms with E-state index in [1.165, 1.54) is 11.1 Å². The fraction of sp³-hybridized carbons (Fsp3) is 0.600. The molecule has 0 spiro atoms. The summed E-state index contributed by atoms with van der Waals surface area (Å²) < 4.78 is 10.8. The first kappa shape index (κ1) is 13.4. The molecule has 0 aromatic heterocycles. The second-order valence-corrected chi connectivity index (χ2v) is 5.02. The SMILES string of the molecule is COc1ccc(C)cc1C(C)NC1CCOCC1. The van der Waals surface area contributed by atoms with Crippen LogP contribution in [-0.2, 0) is 4.74 Å². The first-order valence-corrected chi connectivity index (χ1v) is 6.69. The Kier molecular flexibility index (Phi) is 4.61. The van der Waals surface area contributed by atoms with E-state index < -0.39 is 0 Å². The molecule has 1 saturated heterocycles. The second kappa shape index (κ2) is 6.21. The van der Waals surface area contributed by atoms with Crippen molar-refractivity contribution in [2.45, 2.75) is 38.8 Å². The highest BCUT2D eigenvalue weighted by atomic mass is 16.5. The Labute approximate surface area is 109 Å². The van der Waals surface area contributed by atoms with Gasteiger partial charge in [-0.2, -0.15) is 0 Å². The summed E-state index contributed by atoms with van der Waals surface area (Å²) in [6.45, 7) is 6.06. The summed E-state index contributed by atoms with van der Waals surface area (Å²) in [5, 5.41) is 3.68. The molecule has 1 aliphatic heterocycles. The van der Waals surface area contributed by atoms with Crippen LogP contribution in [0, 0.1) is 6.92 Å². The fourth-order valence-electron chi connectivity index (χ4n) is 2.50. The molecule has 0 radical (unpaired) electrons. The van der Waals surface area contributed by atoms with Crippen LogP contribution < -0.4 is 10.1 Å². The van der Waals surface area contributed by atoms with Gasteiger partial charge in [-0.05, 0) is 32.8 Å². The highest BCUT2D eigenvalue weighted by Crippen LogP contribution is 2.27. The summed E-state index contributed by atoms with van der Waals surface area (Å²) in [4.78, 5) is 0. The molecule has 1 fully saturated rings. The molecule has 3 nitrogen and oxygen atoms in total. The first-order valence-electron chi connectivity index (χ1n) is 6.69. The van der Waals surface area contributed by atoms with Crippen LogP contribution in [0.1, 0.15) is 36.9 Å². The van der Waals surface area contributed by atoms with E-state index in [4.69, 9.17) is 9.47 Å². The maximum atomic E-state index is 5.45. The van der Waals surface area contributed by atoms with Crippen LogP contribution in [0.3, 0.4) is 0 Å². The number of hydrogen-bond donors (Lipinski definition) is 1. The van der Waals surface area contributed by atoms with Crippen LogP contribution in [0.4, 0.5) is 0 Å². The van der Waals surface area contributed by atoms with Gasteiger partial charge in [-0.3, -0.25) is 0 Å². The van der Waals surface area contributed by atoms with Gasteiger partial charge in [0.25, 0.3) is 0 Å². The van der Waals surface area contributed by atoms with E-state index in [0.717, 1.165) is 31.8 Å². The van der Waals surface area contributed by atoms with E-state index in [9.17, 15) is 0 Å². The second-order valence-electron chi connectivity index (χ2n) is 5.02. The number of hydrogen-bond acceptors (Lipinski definition) is 3. The molecule has 1 aromatic rings. The molecular weight excluding hydrogens is 226 g/mol. The van der Waals surface area contributed by atoms with Gasteiger partial charge in [0.15, 0.2) is 0 Å². The van der Waals surface area contributed by atoms with Gasteiger partial charge in [-0.1, -0.05) is 17.7 Å². The molecule has 18 heavy (non-hydrogen) atoms. The summed E-state index contributed by atoms with van der Waals surface area (Å²) in [5.74, 6) is 0.965. The van der Waals surface area contributed by atoms with Crippen molar-refractivity contribution in [2.24, 2.45) is 0 Å². The molecule has 1 aromatic carbocycles. The molecule has 1 aliphatic rings. The summed E-state index contributed by atoms with van der Waals surface area (Å²) >= 11 is 0. The summed E-state index contributed by atoms with van der Waals surface area (Å²) in [6, 6.07) is 7.20. The minimum atomic E-state index is 0.308. The van der Waals surface area contributed by atoms with Crippen LogP contribution in [0.15, 0.2) is 18.2 Å². The monoisotopic (exact) mass is 249 g/mol. The third kappa shape index (κ3) is 3.24. The minimum absolute atomic E-state index is 0.308. The predicted octanol–water partition coefficient (Wildman–Crippen LogP) is 2.83. The van der Waals surface area contributed by atoms with Crippen LogP contribution in [0.25, 0.3) is 0 Å². The third-order valence-electron chi connectivity index (χ3n) is 3.56. The zero-order valence-electron chi connectivity index (χ0n) is 11.5. The van der Waals surface area contributed by atoms with Crippen molar-refractivity contribution in [1.29, 1.82) is 0 Å². The average molecular weight is 249 g/mol. The van der Waals surface area contributed by atoms with Crippen LogP contribution in [-0.4, -0.2) is 26.4 Å². The van der Waals surface area contributed by atoms with Gasteiger partial charge < -0.3 is 14.8 Å². The summed E-state index contributed by atoms with van der Waals surface area (Å²) in [6.07, 6.45) is 2.19. The Hall–Kier alpha value is -1.06. The lowest BCUT2D eigenvalue weighted by atomic mass is 10.0. The number of methoxy groups -OCH3 is 1. The lowest BCUT2D eigenvalue weighted by Crippen LogP contribution is -2.36. The van der Waals surface area contributed by atoms with E-state index in [-0.39, 0.29) is 0 Å². The van der Waals surface area contributed by atoms with Crippen molar-refractivity contribution in [2.75, 3.05) is 20.3 Å². The number of nitrogens with one attached hydrogen (secondary N) is 1. The largest absolute Gasteiger partial charge is 0.496 e. The number of rotatable bonds is 4. The van der Waals surface area contributed by atoms with Gasteiger partial charge in [0.2, 0.25) is 0 Å². The minimum Gasteiger partial charge on any atom is -0.496 e. The topological polar surface area (TPSA) is 30.5 Å². The Morgan fingerprint density at radius 1 is 1.33 bits per heavy atom. The molecule has 1 N–H and O–H groups in total. The third-order valence-corrected chi connectivity index (χ3v) is 3.56. The van der Waals surface area contributed by atoms with Crippen LogP contribution >= 0.6 is 0 Å². The van der Waals surface area contributed by atoms with Gasteiger partial charge in [0.05, 0.1) is 7.11 Å². The maximum absolute atomic E-state index is 5.45. The van der Waals surface area contributed by atoms with Crippen molar-refractivity contribution in [3.8, 4) is 5.75 Å². The molecule has 0 saturated carbocycles. The molecule has 0 aliphatic carbocycles. The molecule has 1 unspecified atom stereocenters. The average Bonchev–Trinajstić information content (AvgIpc) is 2.40. The summed E-state index contributed by atoms with van der Waals surface area (Å²) in [7, 11) is 1.73. The molecule has 1 atom stereocenters. The zero-order valence-corrected chi connectivity index (χ0v) is 11.5. The smallest absolute Gasteiger partial charge is 0.123 e. The van der Waals surface area contributed by atoms with E-state index in [0.29, 0.717) is 12.1 Å².